The third-order valence-electron chi connectivity index (χ3n) is 4.31. The van der Waals surface area contributed by atoms with Gasteiger partial charge in [0, 0.05) is 19.2 Å². The largest absolute Gasteiger partial charge is 0.330 e. The fourth-order valence-electron chi connectivity index (χ4n) is 3.21. The highest BCUT2D eigenvalue weighted by molar-refractivity contribution is 6.05. The molecular formula is C17H21N3O. The minimum absolute atomic E-state index is 0.0180. The van der Waals surface area contributed by atoms with Crippen molar-refractivity contribution < 1.29 is 0 Å². The molecular weight excluding hydrogens is 262 g/mol. The second-order valence-electron chi connectivity index (χ2n) is 5.94. The number of hydrogen-bond acceptors (Lipinski definition) is 2. The lowest BCUT2D eigenvalue weighted by atomic mass is 9.98. The number of nitrogens with one attached hydrogen (secondary N) is 1. The molecule has 0 aliphatic heterocycles. The van der Waals surface area contributed by atoms with Crippen molar-refractivity contribution in [1.29, 1.82) is 0 Å². The van der Waals surface area contributed by atoms with E-state index in [4.69, 9.17) is 0 Å². The van der Waals surface area contributed by atoms with Gasteiger partial charge in [-0.1, -0.05) is 26.8 Å². The van der Waals surface area contributed by atoms with Gasteiger partial charge in [0.15, 0.2) is 0 Å². The summed E-state index contributed by atoms with van der Waals surface area (Å²) in [5.41, 5.74) is 3.98. The van der Waals surface area contributed by atoms with Crippen LogP contribution in [0.1, 0.15) is 43.8 Å². The van der Waals surface area contributed by atoms with Crippen molar-refractivity contribution in [2.45, 2.75) is 40.0 Å². The van der Waals surface area contributed by atoms with Crippen LogP contribution in [-0.4, -0.2) is 14.5 Å². The van der Waals surface area contributed by atoms with Crippen molar-refractivity contribution in [3.63, 3.8) is 0 Å². The van der Waals surface area contributed by atoms with E-state index in [1.165, 1.54) is 0 Å². The molecule has 0 fully saturated rings. The highest BCUT2D eigenvalue weighted by Gasteiger charge is 2.16. The molecule has 0 aliphatic carbocycles. The number of imidazole rings is 1. The SMILES string of the molecule is CCc1nc2ccc3c(C)c(C(C)C)[nH]c(=O)c3c2n1C. The molecule has 1 N–H and O–H groups in total. The van der Waals surface area contributed by atoms with Gasteiger partial charge in [0.05, 0.1) is 16.4 Å². The Morgan fingerprint density at radius 3 is 2.67 bits per heavy atom. The molecule has 21 heavy (non-hydrogen) atoms. The first-order valence-electron chi connectivity index (χ1n) is 7.46. The predicted molar refractivity (Wildman–Crippen MR) is 87.0 cm³/mol. The van der Waals surface area contributed by atoms with E-state index >= 15 is 0 Å². The number of H-pyrrole nitrogens is 1. The van der Waals surface area contributed by atoms with Crippen molar-refractivity contribution >= 4 is 21.8 Å². The van der Waals surface area contributed by atoms with Gasteiger partial charge >= 0.3 is 0 Å². The normalized spacial score (nSPS) is 11.9. The number of fused-ring (bicyclic) bond motifs is 3. The quantitative estimate of drug-likeness (QED) is 0.783. The van der Waals surface area contributed by atoms with Crippen LogP contribution in [0.2, 0.25) is 0 Å². The Bertz CT molecular complexity index is 900. The number of aromatic amines is 1. The van der Waals surface area contributed by atoms with Gasteiger partial charge in [0.2, 0.25) is 0 Å². The lowest BCUT2D eigenvalue weighted by molar-refractivity contribution is 0.809. The number of hydrogen-bond donors (Lipinski definition) is 1. The first kappa shape index (κ1) is 13.9. The molecule has 0 spiro atoms. The maximum Gasteiger partial charge on any atom is 0.258 e. The van der Waals surface area contributed by atoms with E-state index < -0.39 is 0 Å². The summed E-state index contributed by atoms with van der Waals surface area (Å²) >= 11 is 0. The first-order chi connectivity index (χ1) is 9.95. The van der Waals surface area contributed by atoms with Gasteiger partial charge in [-0.3, -0.25) is 4.79 Å². The second-order valence-corrected chi connectivity index (χ2v) is 5.94. The summed E-state index contributed by atoms with van der Waals surface area (Å²) in [4.78, 5) is 20.3. The number of nitrogens with zero attached hydrogens (tertiary/aromatic N) is 2. The summed E-state index contributed by atoms with van der Waals surface area (Å²) < 4.78 is 2.04. The number of aromatic nitrogens is 3. The van der Waals surface area contributed by atoms with Crippen molar-refractivity contribution in [3.8, 4) is 0 Å². The van der Waals surface area contributed by atoms with Gasteiger partial charge in [-0.2, -0.15) is 0 Å². The van der Waals surface area contributed by atoms with Crippen molar-refractivity contribution in [2.75, 3.05) is 0 Å². The van der Waals surface area contributed by atoms with Crippen LogP contribution in [0.5, 0.6) is 0 Å². The minimum Gasteiger partial charge on any atom is -0.330 e. The first-order valence-corrected chi connectivity index (χ1v) is 7.46. The lowest BCUT2D eigenvalue weighted by Gasteiger charge is -2.13. The minimum atomic E-state index is -0.0180. The zero-order chi connectivity index (χ0) is 15.3. The molecule has 0 saturated heterocycles. The Morgan fingerprint density at radius 2 is 2.05 bits per heavy atom. The van der Waals surface area contributed by atoms with Crippen molar-refractivity contribution in [1.82, 2.24) is 14.5 Å². The van der Waals surface area contributed by atoms with Crippen LogP contribution in [0.3, 0.4) is 0 Å². The molecule has 0 aliphatic rings. The third kappa shape index (κ3) is 1.89. The zero-order valence-electron chi connectivity index (χ0n) is 13.2. The van der Waals surface area contributed by atoms with E-state index in [9.17, 15) is 4.79 Å². The topological polar surface area (TPSA) is 50.7 Å². The van der Waals surface area contributed by atoms with Crippen LogP contribution in [-0.2, 0) is 13.5 Å². The van der Waals surface area contributed by atoms with Crippen LogP contribution in [0.4, 0.5) is 0 Å². The Hall–Kier alpha value is -2.10. The summed E-state index contributed by atoms with van der Waals surface area (Å²) in [6.07, 6.45) is 0.855. The highest BCUT2D eigenvalue weighted by Crippen LogP contribution is 2.28. The molecule has 1 aromatic carbocycles. The number of benzene rings is 1. The molecule has 0 radical (unpaired) electrons. The Kier molecular flexibility index (Phi) is 3.12. The van der Waals surface area contributed by atoms with E-state index in [1.807, 2.05) is 23.7 Å². The van der Waals surface area contributed by atoms with Gasteiger partial charge in [0.1, 0.15) is 5.82 Å². The molecule has 0 atom stereocenters. The predicted octanol–water partition coefficient (Wildman–Crippen LogP) is 3.41. The summed E-state index contributed by atoms with van der Waals surface area (Å²) in [6.45, 7) is 8.36. The third-order valence-corrected chi connectivity index (χ3v) is 4.31. The molecule has 0 amide bonds. The Morgan fingerprint density at radius 1 is 1.33 bits per heavy atom. The zero-order valence-corrected chi connectivity index (χ0v) is 13.2. The van der Waals surface area contributed by atoms with E-state index in [-0.39, 0.29) is 5.56 Å². The average Bonchev–Trinajstić information content (AvgIpc) is 2.78. The molecule has 3 aromatic rings. The fraction of sp³-hybridized carbons (Fsp3) is 0.412. The maximum absolute atomic E-state index is 12.6. The molecule has 0 bridgehead atoms. The number of rotatable bonds is 2. The molecule has 110 valence electrons. The Balaban J connectivity index is 2.55. The molecule has 4 nitrogen and oxygen atoms in total. The summed E-state index contributed by atoms with van der Waals surface area (Å²) in [7, 11) is 1.98. The number of aryl methyl sites for hydroxylation is 3. The van der Waals surface area contributed by atoms with Crippen LogP contribution in [0.25, 0.3) is 21.8 Å². The molecule has 2 heterocycles. The van der Waals surface area contributed by atoms with E-state index in [0.717, 1.165) is 45.3 Å². The Labute approximate surface area is 123 Å². The van der Waals surface area contributed by atoms with Crippen LogP contribution in [0, 0.1) is 6.92 Å². The van der Waals surface area contributed by atoms with Gasteiger partial charge in [-0.15, -0.1) is 0 Å². The van der Waals surface area contributed by atoms with Crippen molar-refractivity contribution in [2.24, 2.45) is 7.05 Å². The molecule has 0 unspecified atom stereocenters. The average molecular weight is 283 g/mol. The van der Waals surface area contributed by atoms with E-state index in [2.05, 4.69) is 37.7 Å². The van der Waals surface area contributed by atoms with Gasteiger partial charge in [0.25, 0.3) is 5.56 Å². The lowest BCUT2D eigenvalue weighted by Crippen LogP contribution is -2.13. The van der Waals surface area contributed by atoms with Gasteiger partial charge in [-0.05, 0) is 29.9 Å². The molecule has 3 rings (SSSR count). The van der Waals surface area contributed by atoms with E-state index in [0.29, 0.717) is 5.92 Å². The van der Waals surface area contributed by atoms with Crippen LogP contribution in [0.15, 0.2) is 16.9 Å². The summed E-state index contributed by atoms with van der Waals surface area (Å²) in [5.74, 6) is 1.30. The van der Waals surface area contributed by atoms with Crippen molar-refractivity contribution in [3.05, 3.63) is 39.6 Å². The monoisotopic (exact) mass is 283 g/mol. The van der Waals surface area contributed by atoms with Gasteiger partial charge in [-0.25, -0.2) is 4.98 Å². The smallest absolute Gasteiger partial charge is 0.258 e. The molecule has 4 heteroatoms. The van der Waals surface area contributed by atoms with E-state index in [1.54, 1.807) is 0 Å². The highest BCUT2D eigenvalue weighted by atomic mass is 16.1. The van der Waals surface area contributed by atoms with Crippen LogP contribution >= 0.6 is 0 Å². The summed E-state index contributed by atoms with van der Waals surface area (Å²) in [5, 5.41) is 1.78. The summed E-state index contributed by atoms with van der Waals surface area (Å²) in [6, 6.07) is 4.05. The maximum atomic E-state index is 12.6. The number of pyridine rings is 1. The van der Waals surface area contributed by atoms with Crippen LogP contribution < -0.4 is 5.56 Å². The fourth-order valence-corrected chi connectivity index (χ4v) is 3.21. The second kappa shape index (κ2) is 4.72. The standard InChI is InChI=1S/C17H21N3O/c1-6-13-18-12-8-7-11-10(4)15(9(2)3)19-17(21)14(11)16(12)20(13)5/h7-9H,6H2,1-5H3,(H,19,21). The molecule has 0 saturated carbocycles. The molecule has 2 aromatic heterocycles. The van der Waals surface area contributed by atoms with Gasteiger partial charge < -0.3 is 9.55 Å².